The average Bonchev–Trinajstić information content (AvgIpc) is 3.12. The summed E-state index contributed by atoms with van der Waals surface area (Å²) in [5, 5.41) is 0. The number of aromatic nitrogens is 1. The van der Waals surface area contributed by atoms with Crippen molar-refractivity contribution in [3.8, 4) is 0 Å². The number of piperidine rings is 1. The highest BCUT2D eigenvalue weighted by Crippen LogP contribution is 2.43. The summed E-state index contributed by atoms with van der Waals surface area (Å²) in [6.07, 6.45) is 14.3. The Balaban J connectivity index is 1.42. The van der Waals surface area contributed by atoms with Crippen LogP contribution in [-0.2, 0) is 0 Å². The second kappa shape index (κ2) is 9.32. The zero-order chi connectivity index (χ0) is 23.0. The molecule has 6 nitrogen and oxygen atoms in total. The molecule has 5 heterocycles. The Kier molecular flexibility index (Phi) is 6.43. The molecule has 1 aromatic rings. The van der Waals surface area contributed by atoms with E-state index in [9.17, 15) is 0 Å². The Hall–Kier alpha value is -2.02. The van der Waals surface area contributed by atoms with Crippen LogP contribution in [0.1, 0.15) is 50.4 Å². The first-order valence-electron chi connectivity index (χ1n) is 12.8. The summed E-state index contributed by atoms with van der Waals surface area (Å²) in [5.41, 5.74) is 2.38. The van der Waals surface area contributed by atoms with Gasteiger partial charge in [-0.1, -0.05) is 19.1 Å². The van der Waals surface area contributed by atoms with Crippen LogP contribution in [0.5, 0.6) is 0 Å². The molecule has 2 fully saturated rings. The molecule has 4 atom stereocenters. The molecule has 2 saturated heterocycles. The molecule has 4 aliphatic heterocycles. The summed E-state index contributed by atoms with van der Waals surface area (Å²) >= 11 is 0. The molecule has 5 rings (SSSR count). The van der Waals surface area contributed by atoms with E-state index in [1.54, 1.807) is 0 Å². The highest BCUT2D eigenvalue weighted by Gasteiger charge is 2.53. The van der Waals surface area contributed by atoms with Gasteiger partial charge in [0.15, 0.2) is 0 Å². The molecular formula is C27H40N6. The van der Waals surface area contributed by atoms with E-state index < -0.39 is 0 Å². The second-order valence-corrected chi connectivity index (χ2v) is 10.4. The standard InChI is InChI=1S/C27H40N6/c1-5-31-16-18-32(19-17-31)20-24-27(3,29-25-13-6-7-15-33(24)25)23-12-8-11-22(30(23)4)26-21(2)10-9-14-28-26/h6-7,9-10,13-15,22-24H,5,8,11-12,16-20H2,1-4H3/t22-,23+,24?,27?/m0/s1. The number of aliphatic imine (C=N–C) groups is 1. The van der Waals surface area contributed by atoms with E-state index in [2.05, 4.69) is 77.9 Å². The predicted molar refractivity (Wildman–Crippen MR) is 135 cm³/mol. The lowest BCUT2D eigenvalue weighted by Gasteiger charge is -2.49. The summed E-state index contributed by atoms with van der Waals surface area (Å²) in [7, 11) is 2.31. The molecule has 1 aromatic heterocycles. The van der Waals surface area contributed by atoms with Crippen molar-refractivity contribution in [3.63, 3.8) is 0 Å². The molecule has 178 valence electrons. The van der Waals surface area contributed by atoms with Gasteiger partial charge in [-0.05, 0) is 70.5 Å². The van der Waals surface area contributed by atoms with E-state index in [1.807, 2.05) is 12.3 Å². The summed E-state index contributed by atoms with van der Waals surface area (Å²) < 4.78 is 0. The Bertz CT molecular complexity index is 930. The van der Waals surface area contributed by atoms with Gasteiger partial charge < -0.3 is 9.80 Å². The number of hydrogen-bond donors (Lipinski definition) is 0. The fraction of sp³-hybridized carbons (Fsp3) is 0.630. The van der Waals surface area contributed by atoms with E-state index in [0.717, 1.165) is 32.0 Å². The predicted octanol–water partition coefficient (Wildman–Crippen LogP) is 3.48. The van der Waals surface area contributed by atoms with Crippen molar-refractivity contribution >= 4 is 5.84 Å². The molecule has 0 N–H and O–H groups in total. The van der Waals surface area contributed by atoms with Gasteiger partial charge in [-0.25, -0.2) is 0 Å². The lowest BCUT2D eigenvalue weighted by atomic mass is 9.77. The van der Waals surface area contributed by atoms with E-state index in [4.69, 9.17) is 9.98 Å². The Labute approximate surface area is 199 Å². The largest absolute Gasteiger partial charge is 0.326 e. The molecule has 6 heteroatoms. The van der Waals surface area contributed by atoms with Crippen LogP contribution in [0.4, 0.5) is 0 Å². The fourth-order valence-electron chi connectivity index (χ4n) is 6.52. The minimum atomic E-state index is -0.160. The van der Waals surface area contributed by atoms with Crippen molar-refractivity contribution in [2.24, 2.45) is 4.99 Å². The van der Waals surface area contributed by atoms with Crippen LogP contribution < -0.4 is 0 Å². The summed E-state index contributed by atoms with van der Waals surface area (Å²) in [5.74, 6) is 1.13. The first-order chi connectivity index (χ1) is 16.0. The number of amidine groups is 1. The SMILES string of the molecule is CCN1CCN(CC2N3C=CC=CC3=NC2(C)[C@H]2CCC[C@@H](c3ncccc3C)N2C)CC1. The van der Waals surface area contributed by atoms with Crippen molar-refractivity contribution in [1.29, 1.82) is 0 Å². The number of fused-ring (bicyclic) bond motifs is 1. The average molecular weight is 449 g/mol. The van der Waals surface area contributed by atoms with Crippen molar-refractivity contribution in [1.82, 2.24) is 24.6 Å². The minimum absolute atomic E-state index is 0.160. The second-order valence-electron chi connectivity index (χ2n) is 10.4. The van der Waals surface area contributed by atoms with Gasteiger partial charge in [0, 0.05) is 51.2 Å². The van der Waals surface area contributed by atoms with E-state index >= 15 is 0 Å². The maximum Gasteiger partial charge on any atom is 0.128 e. The zero-order valence-electron chi connectivity index (χ0n) is 20.8. The Morgan fingerprint density at radius 2 is 1.88 bits per heavy atom. The van der Waals surface area contributed by atoms with Gasteiger partial charge in [0.2, 0.25) is 0 Å². The molecule has 0 saturated carbocycles. The Morgan fingerprint density at radius 3 is 2.64 bits per heavy atom. The molecule has 0 aromatic carbocycles. The van der Waals surface area contributed by atoms with Crippen LogP contribution >= 0.6 is 0 Å². The van der Waals surface area contributed by atoms with Crippen LogP contribution in [0.15, 0.2) is 47.7 Å². The molecule has 0 radical (unpaired) electrons. The highest BCUT2D eigenvalue weighted by molar-refractivity contribution is 5.97. The highest BCUT2D eigenvalue weighted by atomic mass is 15.4. The maximum absolute atomic E-state index is 5.45. The number of pyridine rings is 1. The molecule has 0 aliphatic carbocycles. The zero-order valence-corrected chi connectivity index (χ0v) is 20.8. The van der Waals surface area contributed by atoms with Gasteiger partial charge in [0.1, 0.15) is 5.84 Å². The number of nitrogens with zero attached hydrogens (tertiary/aromatic N) is 6. The first-order valence-corrected chi connectivity index (χ1v) is 12.8. The van der Waals surface area contributed by atoms with Gasteiger partial charge in [0.05, 0.1) is 23.3 Å². The fourth-order valence-corrected chi connectivity index (χ4v) is 6.52. The number of rotatable bonds is 5. The van der Waals surface area contributed by atoms with E-state index in [0.29, 0.717) is 18.1 Å². The number of allylic oxidation sites excluding steroid dienone is 2. The summed E-state index contributed by atoms with van der Waals surface area (Å²) in [4.78, 5) is 20.6. The molecule has 33 heavy (non-hydrogen) atoms. The Morgan fingerprint density at radius 1 is 1.09 bits per heavy atom. The molecule has 4 aliphatic rings. The minimum Gasteiger partial charge on any atom is -0.326 e. The van der Waals surface area contributed by atoms with Crippen LogP contribution in [0.2, 0.25) is 0 Å². The van der Waals surface area contributed by atoms with Gasteiger partial charge in [-0.2, -0.15) is 0 Å². The topological polar surface area (TPSA) is 38.2 Å². The van der Waals surface area contributed by atoms with Crippen molar-refractivity contribution in [2.45, 2.75) is 63.7 Å². The summed E-state index contributed by atoms with van der Waals surface area (Å²) in [6, 6.07) is 5.34. The molecule has 0 amide bonds. The van der Waals surface area contributed by atoms with E-state index in [-0.39, 0.29) is 5.54 Å². The third-order valence-corrected chi connectivity index (χ3v) is 8.56. The van der Waals surface area contributed by atoms with Crippen LogP contribution in [0.25, 0.3) is 0 Å². The third-order valence-electron chi connectivity index (χ3n) is 8.56. The molecule has 0 bridgehead atoms. The third kappa shape index (κ3) is 4.17. The number of likely N-dealkylation sites (tertiary alicyclic amines) is 1. The maximum atomic E-state index is 5.45. The number of hydrogen-bond acceptors (Lipinski definition) is 6. The quantitative estimate of drug-likeness (QED) is 0.690. The van der Waals surface area contributed by atoms with Crippen molar-refractivity contribution in [2.75, 3.05) is 46.3 Å². The van der Waals surface area contributed by atoms with Crippen LogP contribution in [0.3, 0.4) is 0 Å². The molecule has 0 spiro atoms. The number of piperazine rings is 1. The summed E-state index contributed by atoms with van der Waals surface area (Å²) in [6.45, 7) is 13.8. The monoisotopic (exact) mass is 448 g/mol. The van der Waals surface area contributed by atoms with Gasteiger partial charge in [-0.3, -0.25) is 19.8 Å². The van der Waals surface area contributed by atoms with Crippen LogP contribution in [0, 0.1) is 6.92 Å². The first kappa shape index (κ1) is 22.8. The van der Waals surface area contributed by atoms with Gasteiger partial charge in [-0.15, -0.1) is 0 Å². The smallest absolute Gasteiger partial charge is 0.128 e. The lowest BCUT2D eigenvalue weighted by molar-refractivity contribution is 0.0305. The van der Waals surface area contributed by atoms with Crippen molar-refractivity contribution in [3.05, 3.63) is 54.0 Å². The van der Waals surface area contributed by atoms with Gasteiger partial charge in [0.25, 0.3) is 0 Å². The molecule has 2 unspecified atom stereocenters. The normalized spacial score (nSPS) is 33.4. The number of likely N-dealkylation sites (N-methyl/N-ethyl adjacent to an activating group) is 2. The molecular weight excluding hydrogens is 408 g/mol. The van der Waals surface area contributed by atoms with Gasteiger partial charge >= 0.3 is 0 Å². The van der Waals surface area contributed by atoms with E-state index in [1.165, 1.54) is 43.6 Å². The number of aryl methyl sites for hydroxylation is 1. The van der Waals surface area contributed by atoms with Crippen LogP contribution in [-0.4, -0.2) is 94.4 Å². The lowest BCUT2D eigenvalue weighted by Crippen LogP contribution is -2.62. The van der Waals surface area contributed by atoms with Crippen molar-refractivity contribution < 1.29 is 0 Å².